The van der Waals surface area contributed by atoms with Crippen molar-refractivity contribution in [2.45, 2.75) is 323 Å². The Morgan fingerprint density at radius 3 is 0.639 bits per heavy atom. The fourth-order valence-corrected chi connectivity index (χ4v) is 14.7. The van der Waals surface area contributed by atoms with Crippen LogP contribution < -0.4 is 0 Å². The van der Waals surface area contributed by atoms with Crippen LogP contribution in [0.4, 0.5) is 0 Å². The Morgan fingerprint density at radius 1 is 0.175 bits per heavy atom. The van der Waals surface area contributed by atoms with Crippen LogP contribution in [0.1, 0.15) is 406 Å². The zero-order valence-electron chi connectivity index (χ0n) is 68.2. The molecule has 0 heteroatoms. The lowest BCUT2D eigenvalue weighted by molar-refractivity contribution is 0.584. The Labute approximate surface area is 599 Å². The van der Waals surface area contributed by atoms with Gasteiger partial charge in [-0.2, -0.15) is 0 Å². The van der Waals surface area contributed by atoms with Crippen molar-refractivity contribution >= 4 is 0 Å². The van der Waals surface area contributed by atoms with Gasteiger partial charge in [0, 0.05) is 0 Å². The van der Waals surface area contributed by atoms with Crippen LogP contribution in [0, 0.1) is 0 Å². The number of rotatable bonds is 18. The molecule has 8 rings (SSSR count). The minimum absolute atomic E-state index is 0.225. The summed E-state index contributed by atoms with van der Waals surface area (Å²) in [5.41, 5.74) is 32.9. The highest BCUT2D eigenvalue weighted by Crippen LogP contribution is 2.44. The van der Waals surface area contributed by atoms with Crippen LogP contribution in [-0.4, -0.2) is 0 Å². The molecule has 0 nitrogen and oxygen atoms in total. The molecule has 0 heterocycles. The number of hydrogen-bond acceptors (Lipinski definition) is 0. The minimum atomic E-state index is 0.225. The summed E-state index contributed by atoms with van der Waals surface area (Å²) in [4.78, 5) is 0. The Balaban J connectivity index is 0.000000259. The van der Waals surface area contributed by atoms with Crippen LogP contribution in [0.5, 0.6) is 0 Å². The van der Waals surface area contributed by atoms with E-state index in [1.165, 1.54) is 83.5 Å². The van der Waals surface area contributed by atoms with Gasteiger partial charge < -0.3 is 0 Å². The highest BCUT2D eigenvalue weighted by atomic mass is 14.3. The lowest BCUT2D eigenvalue weighted by atomic mass is 9.77. The maximum atomic E-state index is 2.45. The van der Waals surface area contributed by atoms with Gasteiger partial charge >= 0.3 is 0 Å². The van der Waals surface area contributed by atoms with Crippen LogP contribution in [0.2, 0.25) is 0 Å². The topological polar surface area (TPSA) is 0 Å². The fraction of sp³-hybridized carbons (Fsp3) is 0.505. The maximum absolute atomic E-state index is 2.45. The lowest BCUT2D eigenvalue weighted by Crippen LogP contribution is -2.15. The predicted octanol–water partition coefficient (Wildman–Crippen LogP) is 31.6. The van der Waals surface area contributed by atoms with Crippen molar-refractivity contribution in [3.8, 4) is 33.4 Å². The van der Waals surface area contributed by atoms with Gasteiger partial charge in [0.15, 0.2) is 0 Å². The number of benzene rings is 8. The molecule has 0 fully saturated rings. The maximum Gasteiger partial charge on any atom is -0.0132 e. The van der Waals surface area contributed by atoms with Crippen molar-refractivity contribution in [3.63, 3.8) is 0 Å². The standard InChI is InChI=1S/3C21H28.C19H32.C15H24/c1-14(2)19-12-18(17-10-8-7-9-11-17)13-20(15(3)4)21(19)16(5)6;2*1-14(2)18-12-13-19(17-10-8-7-9-11-17)21(16(5)6)20(18)15(3)4;1-12(2)16-10-15(19(7,8)9)11-17(13(3)4)18(16)14(5)6;1-10(2)13-8-7-9-14(11(3)4)15(13)12(5)6/h3*7-16H,1-6H3;10-14H,1-9H3;7-12H,1-6H3. The summed E-state index contributed by atoms with van der Waals surface area (Å²) in [5, 5.41) is 0. The Morgan fingerprint density at radius 2 is 0.402 bits per heavy atom. The second kappa shape index (κ2) is 37.8. The van der Waals surface area contributed by atoms with Crippen LogP contribution in [0.3, 0.4) is 0 Å². The van der Waals surface area contributed by atoms with E-state index in [4.69, 9.17) is 0 Å². The Bertz CT molecular complexity index is 3430. The second-order valence-electron chi connectivity index (χ2n) is 33.7. The highest BCUT2D eigenvalue weighted by molar-refractivity contribution is 5.73. The molecule has 0 aliphatic heterocycles. The molecule has 0 saturated heterocycles. The first kappa shape index (κ1) is 83.2. The van der Waals surface area contributed by atoms with E-state index in [-0.39, 0.29) is 5.41 Å². The van der Waals surface area contributed by atoms with Crippen LogP contribution in [0.25, 0.3) is 33.4 Å². The first-order valence-electron chi connectivity index (χ1n) is 38.3. The zero-order valence-corrected chi connectivity index (χ0v) is 68.2. The molecule has 0 atom stereocenters. The molecule has 8 aromatic carbocycles. The molecule has 0 amide bonds. The van der Waals surface area contributed by atoms with Crippen molar-refractivity contribution in [2.75, 3.05) is 0 Å². The molecular weight excluding hydrogens is 1170 g/mol. The van der Waals surface area contributed by atoms with Gasteiger partial charge in [-0.15, -0.1) is 0 Å². The highest BCUT2D eigenvalue weighted by Gasteiger charge is 2.26. The third-order valence-corrected chi connectivity index (χ3v) is 19.5. The normalized spacial score (nSPS) is 11.9. The molecule has 0 aliphatic carbocycles. The first-order chi connectivity index (χ1) is 45.3. The van der Waals surface area contributed by atoms with E-state index in [9.17, 15) is 0 Å². The van der Waals surface area contributed by atoms with Gasteiger partial charge in [0.1, 0.15) is 0 Å². The van der Waals surface area contributed by atoms with E-state index < -0.39 is 0 Å². The van der Waals surface area contributed by atoms with Crippen molar-refractivity contribution < 1.29 is 0 Å². The van der Waals surface area contributed by atoms with E-state index >= 15 is 0 Å². The Hall–Kier alpha value is -6.24. The molecule has 0 N–H and O–H groups in total. The third-order valence-electron chi connectivity index (χ3n) is 19.5. The van der Waals surface area contributed by atoms with Gasteiger partial charge in [-0.3, -0.25) is 0 Å². The van der Waals surface area contributed by atoms with Crippen molar-refractivity contribution in [1.29, 1.82) is 0 Å². The average Bonchev–Trinajstić information content (AvgIpc) is 0.804. The van der Waals surface area contributed by atoms with Gasteiger partial charge in [0.25, 0.3) is 0 Å². The first-order valence-corrected chi connectivity index (χ1v) is 38.3. The van der Waals surface area contributed by atoms with Crippen LogP contribution in [-0.2, 0) is 5.41 Å². The van der Waals surface area contributed by atoms with Gasteiger partial charge in [-0.1, -0.05) is 386 Å². The largest absolute Gasteiger partial charge is 0.0622 e. The van der Waals surface area contributed by atoms with E-state index in [0.29, 0.717) is 88.8 Å². The molecule has 0 saturated carbocycles. The Kier molecular flexibility index (Phi) is 32.4. The summed E-state index contributed by atoms with van der Waals surface area (Å²) in [6.07, 6.45) is 0. The molecule has 0 spiro atoms. The third kappa shape index (κ3) is 22.4. The van der Waals surface area contributed by atoms with Gasteiger partial charge in [0.2, 0.25) is 0 Å². The molecule has 0 aromatic heterocycles. The molecule has 0 aliphatic rings. The van der Waals surface area contributed by atoms with Gasteiger partial charge in [-0.25, -0.2) is 0 Å². The van der Waals surface area contributed by atoms with Crippen molar-refractivity contribution in [1.82, 2.24) is 0 Å². The SMILES string of the molecule is CC(C)c1cc(-c2ccccc2)cc(C(C)C)c1C(C)C.CC(C)c1cc(C(C)(C)C)cc(C(C)C)c1C(C)C.CC(C)c1ccc(-c2ccccc2)c(C(C)C)c1C(C)C.CC(C)c1ccc(-c2ccccc2)c(C(C)C)c1C(C)C.CC(C)c1cccc(C(C)C)c1C(C)C. The summed E-state index contributed by atoms with van der Waals surface area (Å²) >= 11 is 0. The van der Waals surface area contributed by atoms with E-state index in [0.717, 1.165) is 0 Å². The summed E-state index contributed by atoms with van der Waals surface area (Å²) in [6, 6.07) is 58.1. The van der Waals surface area contributed by atoms with Gasteiger partial charge in [-0.05, 0) is 217 Å². The summed E-state index contributed by atoms with van der Waals surface area (Å²) in [7, 11) is 0. The molecule has 8 aromatic rings. The lowest BCUT2D eigenvalue weighted by Gasteiger charge is -2.28. The quantitative estimate of drug-likeness (QED) is 0.0803. The van der Waals surface area contributed by atoms with Crippen molar-refractivity contribution in [2.24, 2.45) is 0 Å². The molecule has 528 valence electrons. The van der Waals surface area contributed by atoms with Crippen LogP contribution in [0.15, 0.2) is 158 Å². The second-order valence-corrected chi connectivity index (χ2v) is 33.7. The summed E-state index contributed by atoms with van der Waals surface area (Å²) < 4.78 is 0. The molecule has 0 unspecified atom stereocenters. The average molecular weight is 1310 g/mol. The minimum Gasteiger partial charge on any atom is -0.0622 e. The smallest absolute Gasteiger partial charge is 0.0132 e. The predicted molar refractivity (Wildman–Crippen MR) is 439 cm³/mol. The molecule has 0 radical (unpaired) electrons. The van der Waals surface area contributed by atoms with E-state index in [1.54, 1.807) is 38.9 Å². The molecule has 0 bridgehead atoms. The molecule has 97 heavy (non-hydrogen) atoms. The van der Waals surface area contributed by atoms with Gasteiger partial charge in [0.05, 0.1) is 0 Å². The fourth-order valence-electron chi connectivity index (χ4n) is 14.7. The summed E-state index contributed by atoms with van der Waals surface area (Å²) in [5.74, 6) is 8.70. The van der Waals surface area contributed by atoms with Crippen molar-refractivity contribution in [3.05, 3.63) is 247 Å². The summed E-state index contributed by atoms with van der Waals surface area (Å²) in [6.45, 7) is 76.2. The molecular formula is C97H140. The monoisotopic (exact) mass is 1310 g/mol. The zero-order chi connectivity index (χ0) is 73.2. The van der Waals surface area contributed by atoms with Crippen LogP contribution >= 0.6 is 0 Å². The number of hydrogen-bond donors (Lipinski definition) is 0. The van der Waals surface area contributed by atoms with E-state index in [1.807, 2.05) is 0 Å². The van der Waals surface area contributed by atoms with E-state index in [2.05, 4.69) is 386 Å².